The van der Waals surface area contributed by atoms with E-state index in [0.29, 0.717) is 19.0 Å². The molecule has 0 aromatic carbocycles. The number of aromatic nitrogens is 1. The maximum absolute atomic E-state index is 14.1. The van der Waals surface area contributed by atoms with E-state index in [-0.39, 0.29) is 11.4 Å². The SMILES string of the molecule is CCC(CC)CN(CC)c1nccc(C(=O)O)c1F. The van der Waals surface area contributed by atoms with Crippen LogP contribution in [-0.4, -0.2) is 29.1 Å². The second-order valence-corrected chi connectivity index (χ2v) is 4.52. The number of carboxylic acids is 1. The van der Waals surface area contributed by atoms with E-state index in [1.54, 1.807) is 4.90 Å². The van der Waals surface area contributed by atoms with E-state index in [2.05, 4.69) is 18.8 Å². The van der Waals surface area contributed by atoms with Gasteiger partial charge in [0.2, 0.25) is 0 Å². The fourth-order valence-electron chi connectivity index (χ4n) is 2.04. The van der Waals surface area contributed by atoms with Crippen molar-refractivity contribution in [3.05, 3.63) is 23.6 Å². The summed E-state index contributed by atoms with van der Waals surface area (Å²) in [5.41, 5.74) is -0.326. The molecule has 0 aliphatic carbocycles. The highest BCUT2D eigenvalue weighted by atomic mass is 19.1. The lowest BCUT2D eigenvalue weighted by Crippen LogP contribution is -2.31. The van der Waals surface area contributed by atoms with E-state index in [4.69, 9.17) is 5.11 Å². The molecule has 1 heterocycles. The largest absolute Gasteiger partial charge is 0.478 e. The lowest BCUT2D eigenvalue weighted by atomic mass is 10.0. The highest BCUT2D eigenvalue weighted by Gasteiger charge is 2.20. The van der Waals surface area contributed by atoms with Gasteiger partial charge in [-0.3, -0.25) is 0 Å². The third-order valence-corrected chi connectivity index (χ3v) is 3.42. The lowest BCUT2D eigenvalue weighted by Gasteiger charge is -2.26. The molecule has 1 aromatic rings. The summed E-state index contributed by atoms with van der Waals surface area (Å²) >= 11 is 0. The zero-order valence-corrected chi connectivity index (χ0v) is 11.7. The van der Waals surface area contributed by atoms with Crippen LogP contribution < -0.4 is 4.90 Å². The van der Waals surface area contributed by atoms with Crippen molar-refractivity contribution >= 4 is 11.8 Å². The van der Waals surface area contributed by atoms with Crippen molar-refractivity contribution in [3.8, 4) is 0 Å². The molecule has 0 unspecified atom stereocenters. The maximum Gasteiger partial charge on any atom is 0.338 e. The van der Waals surface area contributed by atoms with Crippen LogP contribution in [0.1, 0.15) is 44.0 Å². The van der Waals surface area contributed by atoms with Crippen LogP contribution in [-0.2, 0) is 0 Å². The number of hydrogen-bond donors (Lipinski definition) is 1. The van der Waals surface area contributed by atoms with Gasteiger partial charge < -0.3 is 10.0 Å². The number of rotatable bonds is 7. The van der Waals surface area contributed by atoms with Crippen LogP contribution in [0.25, 0.3) is 0 Å². The molecule has 0 saturated heterocycles. The molecule has 0 aliphatic heterocycles. The van der Waals surface area contributed by atoms with E-state index in [9.17, 15) is 9.18 Å². The number of anilines is 1. The second-order valence-electron chi connectivity index (χ2n) is 4.52. The number of aromatic carboxylic acids is 1. The molecule has 0 fully saturated rings. The van der Waals surface area contributed by atoms with Gasteiger partial charge >= 0.3 is 5.97 Å². The molecule has 19 heavy (non-hydrogen) atoms. The Morgan fingerprint density at radius 3 is 2.53 bits per heavy atom. The number of hydrogen-bond acceptors (Lipinski definition) is 3. The topological polar surface area (TPSA) is 53.4 Å². The van der Waals surface area contributed by atoms with Gasteiger partial charge in [0, 0.05) is 19.3 Å². The van der Waals surface area contributed by atoms with Crippen molar-refractivity contribution in [2.24, 2.45) is 5.92 Å². The third-order valence-electron chi connectivity index (χ3n) is 3.42. The van der Waals surface area contributed by atoms with Gasteiger partial charge in [-0.05, 0) is 18.9 Å². The number of carbonyl (C=O) groups is 1. The van der Waals surface area contributed by atoms with Crippen molar-refractivity contribution in [1.29, 1.82) is 0 Å². The fraction of sp³-hybridized carbons (Fsp3) is 0.571. The van der Waals surface area contributed by atoms with Crippen molar-refractivity contribution < 1.29 is 14.3 Å². The average Bonchev–Trinajstić information content (AvgIpc) is 2.41. The first-order chi connectivity index (χ1) is 9.04. The smallest absolute Gasteiger partial charge is 0.338 e. The Hall–Kier alpha value is -1.65. The van der Waals surface area contributed by atoms with Crippen molar-refractivity contribution in [2.75, 3.05) is 18.0 Å². The Labute approximate surface area is 113 Å². The molecule has 5 heteroatoms. The van der Waals surface area contributed by atoms with Crippen LogP contribution in [0.3, 0.4) is 0 Å². The first-order valence-corrected chi connectivity index (χ1v) is 6.67. The molecule has 0 bridgehead atoms. The minimum atomic E-state index is -1.26. The summed E-state index contributed by atoms with van der Waals surface area (Å²) in [6, 6.07) is 1.19. The summed E-state index contributed by atoms with van der Waals surface area (Å²) in [5.74, 6) is -1.42. The average molecular weight is 268 g/mol. The molecule has 0 aliphatic rings. The third kappa shape index (κ3) is 3.66. The minimum absolute atomic E-state index is 0.134. The van der Waals surface area contributed by atoms with Crippen LogP contribution in [0, 0.1) is 11.7 Å². The highest BCUT2D eigenvalue weighted by molar-refractivity contribution is 5.88. The molecule has 106 valence electrons. The normalized spacial score (nSPS) is 10.8. The molecule has 0 spiro atoms. The van der Waals surface area contributed by atoms with Gasteiger partial charge in [-0.2, -0.15) is 0 Å². The Morgan fingerprint density at radius 1 is 1.42 bits per heavy atom. The summed E-state index contributed by atoms with van der Waals surface area (Å²) in [6.07, 6.45) is 3.36. The summed E-state index contributed by atoms with van der Waals surface area (Å²) < 4.78 is 14.1. The van der Waals surface area contributed by atoms with E-state index in [0.717, 1.165) is 12.8 Å². The van der Waals surface area contributed by atoms with Gasteiger partial charge in [0.15, 0.2) is 11.6 Å². The summed E-state index contributed by atoms with van der Waals surface area (Å²) in [5, 5.41) is 8.93. The quantitative estimate of drug-likeness (QED) is 0.825. The van der Waals surface area contributed by atoms with E-state index in [1.807, 2.05) is 6.92 Å². The monoisotopic (exact) mass is 268 g/mol. The molecule has 4 nitrogen and oxygen atoms in total. The van der Waals surface area contributed by atoms with Gasteiger partial charge in [-0.25, -0.2) is 14.2 Å². The van der Waals surface area contributed by atoms with Gasteiger partial charge in [0.25, 0.3) is 0 Å². The van der Waals surface area contributed by atoms with Crippen molar-refractivity contribution in [1.82, 2.24) is 4.98 Å². The number of carboxylic acid groups (broad SMARTS) is 1. The molecule has 0 radical (unpaired) electrons. The van der Waals surface area contributed by atoms with E-state index >= 15 is 0 Å². The zero-order valence-electron chi connectivity index (χ0n) is 11.7. The first-order valence-electron chi connectivity index (χ1n) is 6.67. The van der Waals surface area contributed by atoms with Gasteiger partial charge in [0.05, 0.1) is 0 Å². The van der Waals surface area contributed by atoms with Crippen LogP contribution in [0.15, 0.2) is 12.3 Å². The molecule has 0 atom stereocenters. The Morgan fingerprint density at radius 2 is 2.05 bits per heavy atom. The van der Waals surface area contributed by atoms with Gasteiger partial charge in [0.1, 0.15) is 5.56 Å². The Kier molecular flexibility index (Phi) is 5.73. The minimum Gasteiger partial charge on any atom is -0.478 e. The lowest BCUT2D eigenvalue weighted by molar-refractivity contribution is 0.0691. The fourth-order valence-corrected chi connectivity index (χ4v) is 2.04. The van der Waals surface area contributed by atoms with Crippen LogP contribution in [0.4, 0.5) is 10.2 Å². The number of halogens is 1. The van der Waals surface area contributed by atoms with Gasteiger partial charge in [-0.15, -0.1) is 0 Å². The Bertz CT molecular complexity index is 433. The molecule has 0 saturated carbocycles. The van der Waals surface area contributed by atoms with Crippen LogP contribution >= 0.6 is 0 Å². The first kappa shape index (κ1) is 15.4. The second kappa shape index (κ2) is 7.07. The van der Waals surface area contributed by atoms with Crippen LogP contribution in [0.5, 0.6) is 0 Å². The molecule has 1 N–H and O–H groups in total. The molecule has 1 aromatic heterocycles. The molecular formula is C14H21FN2O2. The zero-order chi connectivity index (χ0) is 14.4. The molecular weight excluding hydrogens is 247 g/mol. The standard InChI is InChI=1S/C14H21FN2O2/c1-4-10(5-2)9-17(6-3)13-12(15)11(14(18)19)7-8-16-13/h7-8,10H,4-6,9H2,1-3H3,(H,18,19). The van der Waals surface area contributed by atoms with Crippen molar-refractivity contribution in [3.63, 3.8) is 0 Å². The summed E-state index contributed by atoms with van der Waals surface area (Å²) in [7, 11) is 0. The molecule has 0 amide bonds. The van der Waals surface area contributed by atoms with E-state index < -0.39 is 11.8 Å². The van der Waals surface area contributed by atoms with Gasteiger partial charge in [-0.1, -0.05) is 26.7 Å². The molecule has 1 rings (SSSR count). The predicted octanol–water partition coefficient (Wildman–Crippen LogP) is 3.18. The van der Waals surface area contributed by atoms with Crippen LogP contribution in [0.2, 0.25) is 0 Å². The predicted molar refractivity (Wildman–Crippen MR) is 73.1 cm³/mol. The summed E-state index contributed by atoms with van der Waals surface area (Å²) in [6.45, 7) is 7.40. The number of nitrogens with zero attached hydrogens (tertiary/aromatic N) is 2. The highest BCUT2D eigenvalue weighted by Crippen LogP contribution is 2.22. The summed E-state index contributed by atoms with van der Waals surface area (Å²) in [4.78, 5) is 16.7. The van der Waals surface area contributed by atoms with Crippen molar-refractivity contribution in [2.45, 2.75) is 33.6 Å². The number of pyridine rings is 1. The Balaban J connectivity index is 3.05. The van der Waals surface area contributed by atoms with E-state index in [1.165, 1.54) is 12.3 Å². The maximum atomic E-state index is 14.1.